The fraction of sp³-hybridized carbons (Fsp3) is 0.100. The molecule has 1 N–H and O–H groups in total. The number of rotatable bonds is 4. The van der Waals surface area contributed by atoms with E-state index in [9.17, 15) is 5.11 Å². The van der Waals surface area contributed by atoms with Crippen LogP contribution in [-0.4, -0.2) is 25.7 Å². The average Bonchev–Trinajstić information content (AvgIpc) is 3.11. The minimum absolute atomic E-state index is 0.0270. The van der Waals surface area contributed by atoms with Gasteiger partial charge >= 0.3 is 0 Å². The molecule has 0 amide bonds. The van der Waals surface area contributed by atoms with Gasteiger partial charge in [-0.25, -0.2) is 4.98 Å². The Morgan fingerprint density at radius 1 is 1.00 bits per heavy atom. The molecule has 124 valence electrons. The van der Waals surface area contributed by atoms with Crippen molar-refractivity contribution in [1.82, 2.24) is 14.4 Å². The maximum Gasteiger partial charge on any atom is 0.155 e. The van der Waals surface area contributed by atoms with Crippen LogP contribution in [0.4, 0.5) is 0 Å². The summed E-state index contributed by atoms with van der Waals surface area (Å²) in [6, 6.07) is 16.2. The predicted octanol–water partition coefficient (Wildman–Crippen LogP) is 4.28. The molecule has 0 fully saturated rings. The van der Waals surface area contributed by atoms with Gasteiger partial charge in [0, 0.05) is 22.2 Å². The highest BCUT2D eigenvalue weighted by atomic mass is 32.2. The van der Waals surface area contributed by atoms with Crippen LogP contribution < -0.4 is 0 Å². The second-order valence-electron chi connectivity index (χ2n) is 5.73. The molecule has 0 radical (unpaired) electrons. The van der Waals surface area contributed by atoms with Gasteiger partial charge in [0.05, 0.1) is 30.4 Å². The Morgan fingerprint density at radius 3 is 2.60 bits per heavy atom. The summed E-state index contributed by atoms with van der Waals surface area (Å²) in [6.45, 7) is 0.0270. The van der Waals surface area contributed by atoms with E-state index in [0.717, 1.165) is 33.7 Å². The van der Waals surface area contributed by atoms with Gasteiger partial charge < -0.3 is 5.11 Å². The van der Waals surface area contributed by atoms with E-state index in [1.807, 2.05) is 41.1 Å². The lowest BCUT2D eigenvalue weighted by Gasteiger charge is -2.07. The van der Waals surface area contributed by atoms with Gasteiger partial charge in [-0.1, -0.05) is 30.3 Å². The number of imidazole rings is 1. The third kappa shape index (κ3) is 3.04. The maximum absolute atomic E-state index is 9.37. The summed E-state index contributed by atoms with van der Waals surface area (Å²) in [5.74, 6) is 0. The zero-order chi connectivity index (χ0) is 17.2. The molecule has 0 atom stereocenters. The van der Waals surface area contributed by atoms with E-state index >= 15 is 0 Å². The van der Waals surface area contributed by atoms with E-state index in [1.165, 1.54) is 4.90 Å². The Balaban J connectivity index is 1.81. The Hall–Kier alpha value is -2.63. The van der Waals surface area contributed by atoms with E-state index < -0.39 is 0 Å². The van der Waals surface area contributed by atoms with Crippen LogP contribution >= 0.6 is 11.8 Å². The first-order valence-electron chi connectivity index (χ1n) is 7.96. The molecule has 0 aliphatic rings. The lowest BCUT2D eigenvalue weighted by molar-refractivity contribution is 0.282. The molecule has 0 saturated carbocycles. The smallest absolute Gasteiger partial charge is 0.155 e. The van der Waals surface area contributed by atoms with Gasteiger partial charge in [-0.2, -0.15) is 0 Å². The van der Waals surface area contributed by atoms with Gasteiger partial charge in [0.1, 0.15) is 0 Å². The van der Waals surface area contributed by atoms with Crippen LogP contribution in [0, 0.1) is 0 Å². The molecule has 0 saturated heterocycles. The Kier molecular flexibility index (Phi) is 4.26. The summed E-state index contributed by atoms with van der Waals surface area (Å²) in [5.41, 5.74) is 5.66. The van der Waals surface area contributed by atoms with Gasteiger partial charge in [0.15, 0.2) is 5.65 Å². The minimum Gasteiger partial charge on any atom is -0.392 e. The number of hydrogen-bond donors (Lipinski definition) is 1. The monoisotopic (exact) mass is 347 g/mol. The zero-order valence-corrected chi connectivity index (χ0v) is 14.6. The van der Waals surface area contributed by atoms with Crippen LogP contribution in [0.2, 0.25) is 0 Å². The second kappa shape index (κ2) is 6.70. The molecule has 2 heterocycles. The molecular formula is C20H17N3OS. The topological polar surface area (TPSA) is 50.4 Å². The molecule has 0 aliphatic carbocycles. The fourth-order valence-electron chi connectivity index (χ4n) is 2.84. The third-order valence-electron chi connectivity index (χ3n) is 4.19. The highest BCUT2D eigenvalue weighted by Gasteiger charge is 2.09. The first kappa shape index (κ1) is 15.9. The second-order valence-corrected chi connectivity index (χ2v) is 6.61. The Bertz CT molecular complexity index is 1020. The molecule has 25 heavy (non-hydrogen) atoms. The van der Waals surface area contributed by atoms with E-state index in [4.69, 9.17) is 0 Å². The third-order valence-corrected chi connectivity index (χ3v) is 4.93. The van der Waals surface area contributed by atoms with Gasteiger partial charge in [0.2, 0.25) is 0 Å². The molecule has 0 bridgehead atoms. The number of benzene rings is 2. The van der Waals surface area contributed by atoms with Gasteiger partial charge in [-0.3, -0.25) is 9.38 Å². The van der Waals surface area contributed by atoms with Gasteiger partial charge in [0.25, 0.3) is 0 Å². The maximum atomic E-state index is 9.37. The number of aliphatic hydroxyl groups excluding tert-OH is 1. The number of fused-ring (bicyclic) bond motifs is 1. The molecule has 4 nitrogen and oxygen atoms in total. The SMILES string of the molecule is CSc1ccc(-c2cn3c(-c4cccc(CO)c4)cnc3cn2)cc1. The molecule has 5 heteroatoms. The summed E-state index contributed by atoms with van der Waals surface area (Å²) in [7, 11) is 0. The van der Waals surface area contributed by atoms with Crippen molar-refractivity contribution in [2.45, 2.75) is 11.5 Å². The lowest BCUT2D eigenvalue weighted by Crippen LogP contribution is -1.93. The number of thioether (sulfide) groups is 1. The Morgan fingerprint density at radius 2 is 1.84 bits per heavy atom. The van der Waals surface area contributed by atoms with Crippen molar-refractivity contribution in [2.24, 2.45) is 0 Å². The predicted molar refractivity (Wildman–Crippen MR) is 102 cm³/mol. The summed E-state index contributed by atoms with van der Waals surface area (Å²) in [5, 5.41) is 9.37. The molecule has 2 aromatic heterocycles. The van der Waals surface area contributed by atoms with Gasteiger partial charge in [-0.15, -0.1) is 11.8 Å². The summed E-state index contributed by atoms with van der Waals surface area (Å²) in [4.78, 5) is 10.2. The standard InChI is InChI=1S/C20H17N3OS/c1-25-17-7-5-15(6-8-17)18-12-23-19(10-22-20(23)11-21-18)16-4-2-3-14(9-16)13-24/h2-12,24H,13H2,1H3. The zero-order valence-electron chi connectivity index (χ0n) is 13.8. The fourth-order valence-corrected chi connectivity index (χ4v) is 3.25. The van der Waals surface area contributed by atoms with E-state index in [2.05, 4.69) is 40.5 Å². The summed E-state index contributed by atoms with van der Waals surface area (Å²) in [6.07, 6.45) is 7.71. The largest absolute Gasteiger partial charge is 0.392 e. The van der Waals surface area contributed by atoms with Crippen LogP contribution in [0.15, 0.2) is 72.0 Å². The average molecular weight is 347 g/mol. The van der Waals surface area contributed by atoms with Crippen molar-refractivity contribution >= 4 is 17.4 Å². The van der Waals surface area contributed by atoms with Crippen molar-refractivity contribution < 1.29 is 5.11 Å². The van der Waals surface area contributed by atoms with Crippen molar-refractivity contribution in [2.75, 3.05) is 6.26 Å². The van der Waals surface area contributed by atoms with Crippen LogP contribution in [0.5, 0.6) is 0 Å². The molecule has 0 spiro atoms. The molecular weight excluding hydrogens is 330 g/mol. The van der Waals surface area contributed by atoms with Crippen molar-refractivity contribution in [3.8, 4) is 22.5 Å². The number of aliphatic hydroxyl groups is 1. The van der Waals surface area contributed by atoms with E-state index in [-0.39, 0.29) is 6.61 Å². The highest BCUT2D eigenvalue weighted by Crippen LogP contribution is 2.25. The first-order valence-corrected chi connectivity index (χ1v) is 9.18. The van der Waals surface area contributed by atoms with Crippen LogP contribution in [0.3, 0.4) is 0 Å². The molecule has 4 aromatic rings. The van der Waals surface area contributed by atoms with Crippen LogP contribution in [0.1, 0.15) is 5.56 Å². The molecule has 0 unspecified atom stereocenters. The van der Waals surface area contributed by atoms with E-state index in [0.29, 0.717) is 0 Å². The summed E-state index contributed by atoms with van der Waals surface area (Å²) < 4.78 is 2.04. The molecule has 2 aromatic carbocycles. The molecule has 4 rings (SSSR count). The van der Waals surface area contributed by atoms with Crippen molar-refractivity contribution in [3.63, 3.8) is 0 Å². The highest BCUT2D eigenvalue weighted by molar-refractivity contribution is 7.98. The quantitative estimate of drug-likeness (QED) is 0.560. The number of hydrogen-bond acceptors (Lipinski definition) is 4. The van der Waals surface area contributed by atoms with Crippen molar-refractivity contribution in [3.05, 3.63) is 72.7 Å². The number of aromatic nitrogens is 3. The first-order chi connectivity index (χ1) is 12.3. The summed E-state index contributed by atoms with van der Waals surface area (Å²) >= 11 is 1.72. The van der Waals surface area contributed by atoms with E-state index in [1.54, 1.807) is 18.0 Å². The Labute approximate surface area is 150 Å². The van der Waals surface area contributed by atoms with Gasteiger partial charge in [-0.05, 0) is 30.0 Å². The number of nitrogens with zero attached hydrogens (tertiary/aromatic N) is 3. The van der Waals surface area contributed by atoms with Crippen molar-refractivity contribution in [1.29, 1.82) is 0 Å². The lowest BCUT2D eigenvalue weighted by atomic mass is 10.1. The van der Waals surface area contributed by atoms with Crippen LogP contribution in [-0.2, 0) is 6.61 Å². The normalized spacial score (nSPS) is 11.1. The van der Waals surface area contributed by atoms with Crippen LogP contribution in [0.25, 0.3) is 28.2 Å². The molecule has 0 aliphatic heterocycles. The minimum atomic E-state index is 0.0270.